The number of fused-ring (bicyclic) bond motifs is 1. The van der Waals surface area contributed by atoms with Gasteiger partial charge in [-0.25, -0.2) is 0 Å². The number of hydrogen-bond donors (Lipinski definition) is 1. The number of carbonyl (C=O) groups is 1. The lowest BCUT2D eigenvalue weighted by atomic mass is 10.0. The van der Waals surface area contributed by atoms with Crippen LogP contribution in [0.1, 0.15) is 34.6 Å². The zero-order valence-electron chi connectivity index (χ0n) is 13.0. The molecule has 1 N–H and O–H groups in total. The lowest BCUT2D eigenvalue weighted by Gasteiger charge is -2.15. The van der Waals surface area contributed by atoms with Crippen LogP contribution in [0.15, 0.2) is 54.6 Å². The van der Waals surface area contributed by atoms with E-state index in [9.17, 15) is 4.79 Å². The molecule has 0 aliphatic heterocycles. The maximum Gasteiger partial charge on any atom is 0.252 e. The van der Waals surface area contributed by atoms with Crippen LogP contribution < -0.4 is 5.32 Å². The fourth-order valence-corrected chi connectivity index (χ4v) is 2.79. The van der Waals surface area contributed by atoms with Crippen LogP contribution in [0.2, 0.25) is 5.02 Å². The molecule has 1 unspecified atom stereocenters. The standard InChI is InChI=1S/C19H17ClN2O/c1-12-10-17(16-11-15(20)8-9-18(16)21-12)19(23)22-13(2)14-6-4-3-5-7-14/h3-11,13H,1-2H3,(H,22,23). The fraction of sp³-hybridized carbons (Fsp3) is 0.158. The summed E-state index contributed by atoms with van der Waals surface area (Å²) in [6.45, 7) is 3.85. The third kappa shape index (κ3) is 3.35. The van der Waals surface area contributed by atoms with E-state index >= 15 is 0 Å². The molecule has 0 aliphatic carbocycles. The van der Waals surface area contributed by atoms with Crippen LogP contribution in [0, 0.1) is 6.92 Å². The Kier molecular flexibility index (Phi) is 4.30. The summed E-state index contributed by atoms with van der Waals surface area (Å²) in [6, 6.07) is 17.0. The highest BCUT2D eigenvalue weighted by Crippen LogP contribution is 2.23. The van der Waals surface area contributed by atoms with Crippen LogP contribution >= 0.6 is 11.6 Å². The van der Waals surface area contributed by atoms with Gasteiger partial charge in [0, 0.05) is 16.1 Å². The van der Waals surface area contributed by atoms with Crippen molar-refractivity contribution in [2.45, 2.75) is 19.9 Å². The van der Waals surface area contributed by atoms with Crippen molar-refractivity contribution in [3.8, 4) is 0 Å². The summed E-state index contributed by atoms with van der Waals surface area (Å²) in [5.41, 5.74) is 3.23. The molecule has 0 bridgehead atoms. The summed E-state index contributed by atoms with van der Waals surface area (Å²) in [7, 11) is 0. The van der Waals surface area contributed by atoms with Gasteiger partial charge in [-0.05, 0) is 43.7 Å². The van der Waals surface area contributed by atoms with Crippen molar-refractivity contribution in [1.82, 2.24) is 10.3 Å². The fourth-order valence-electron chi connectivity index (χ4n) is 2.62. The highest BCUT2D eigenvalue weighted by Gasteiger charge is 2.15. The molecule has 3 rings (SSSR count). The van der Waals surface area contributed by atoms with E-state index in [1.807, 2.05) is 50.2 Å². The minimum atomic E-state index is -0.126. The van der Waals surface area contributed by atoms with E-state index < -0.39 is 0 Å². The van der Waals surface area contributed by atoms with Gasteiger partial charge in [0.25, 0.3) is 5.91 Å². The number of hydrogen-bond acceptors (Lipinski definition) is 2. The van der Waals surface area contributed by atoms with E-state index in [1.54, 1.807) is 18.2 Å². The number of nitrogens with zero attached hydrogens (tertiary/aromatic N) is 1. The number of aryl methyl sites for hydroxylation is 1. The maximum atomic E-state index is 12.7. The number of nitrogens with one attached hydrogen (secondary N) is 1. The molecule has 3 nitrogen and oxygen atoms in total. The van der Waals surface area contributed by atoms with Crippen LogP contribution in [0.5, 0.6) is 0 Å². The summed E-state index contributed by atoms with van der Waals surface area (Å²) in [5.74, 6) is -0.126. The van der Waals surface area contributed by atoms with Crippen LogP contribution in [0.25, 0.3) is 10.9 Å². The number of amides is 1. The molecule has 2 aromatic carbocycles. The van der Waals surface area contributed by atoms with Crippen molar-refractivity contribution in [2.24, 2.45) is 0 Å². The predicted octanol–water partition coefficient (Wildman–Crippen LogP) is 4.69. The number of halogens is 1. The Bertz CT molecular complexity index is 862. The summed E-state index contributed by atoms with van der Waals surface area (Å²) in [4.78, 5) is 17.2. The summed E-state index contributed by atoms with van der Waals surface area (Å²) >= 11 is 6.08. The third-order valence-electron chi connectivity index (χ3n) is 3.79. The number of benzene rings is 2. The van der Waals surface area contributed by atoms with Gasteiger partial charge >= 0.3 is 0 Å². The van der Waals surface area contributed by atoms with Gasteiger partial charge < -0.3 is 5.32 Å². The maximum absolute atomic E-state index is 12.7. The van der Waals surface area contributed by atoms with Crippen LogP contribution in [0.4, 0.5) is 0 Å². The van der Waals surface area contributed by atoms with Crippen molar-refractivity contribution >= 4 is 28.4 Å². The van der Waals surface area contributed by atoms with Crippen molar-refractivity contribution < 1.29 is 4.79 Å². The first-order valence-corrected chi connectivity index (χ1v) is 7.85. The lowest BCUT2D eigenvalue weighted by Crippen LogP contribution is -2.27. The first kappa shape index (κ1) is 15.5. The molecule has 0 radical (unpaired) electrons. The molecule has 1 heterocycles. The Morgan fingerprint density at radius 3 is 2.61 bits per heavy atom. The van der Waals surface area contributed by atoms with E-state index in [-0.39, 0.29) is 11.9 Å². The number of rotatable bonds is 3. The number of aromatic nitrogens is 1. The Labute approximate surface area is 140 Å². The van der Waals surface area contributed by atoms with Crippen LogP contribution in [-0.4, -0.2) is 10.9 Å². The monoisotopic (exact) mass is 324 g/mol. The topological polar surface area (TPSA) is 42.0 Å². The van der Waals surface area contributed by atoms with Crippen LogP contribution in [0.3, 0.4) is 0 Å². The Balaban J connectivity index is 1.96. The van der Waals surface area contributed by atoms with Gasteiger partial charge in [-0.2, -0.15) is 0 Å². The van der Waals surface area contributed by atoms with Crippen molar-refractivity contribution in [2.75, 3.05) is 0 Å². The molecule has 0 fully saturated rings. The quantitative estimate of drug-likeness (QED) is 0.759. The summed E-state index contributed by atoms with van der Waals surface area (Å²) in [5, 5.41) is 4.40. The largest absolute Gasteiger partial charge is 0.345 e. The number of carbonyl (C=O) groups excluding carboxylic acids is 1. The number of pyridine rings is 1. The predicted molar refractivity (Wildman–Crippen MR) is 93.8 cm³/mol. The minimum Gasteiger partial charge on any atom is -0.345 e. The van der Waals surface area contributed by atoms with E-state index in [0.29, 0.717) is 10.6 Å². The molecular weight excluding hydrogens is 308 g/mol. The highest BCUT2D eigenvalue weighted by molar-refractivity contribution is 6.31. The molecule has 1 amide bonds. The molecule has 4 heteroatoms. The van der Waals surface area contributed by atoms with Gasteiger partial charge in [0.2, 0.25) is 0 Å². The van der Waals surface area contributed by atoms with Gasteiger partial charge in [-0.3, -0.25) is 9.78 Å². The van der Waals surface area contributed by atoms with Gasteiger partial charge in [0.1, 0.15) is 0 Å². The second kappa shape index (κ2) is 6.39. The second-order valence-corrected chi connectivity index (χ2v) is 6.01. The van der Waals surface area contributed by atoms with Crippen molar-refractivity contribution in [3.63, 3.8) is 0 Å². The van der Waals surface area contributed by atoms with Gasteiger partial charge in [0.05, 0.1) is 17.1 Å². The van der Waals surface area contributed by atoms with E-state index in [0.717, 1.165) is 22.2 Å². The van der Waals surface area contributed by atoms with E-state index in [2.05, 4.69) is 10.3 Å². The Morgan fingerprint density at radius 1 is 1.13 bits per heavy atom. The molecule has 0 aliphatic rings. The van der Waals surface area contributed by atoms with Gasteiger partial charge in [-0.1, -0.05) is 41.9 Å². The van der Waals surface area contributed by atoms with Crippen molar-refractivity contribution in [3.05, 3.63) is 76.4 Å². The van der Waals surface area contributed by atoms with Crippen LogP contribution in [-0.2, 0) is 0 Å². The SMILES string of the molecule is Cc1cc(C(=O)NC(C)c2ccccc2)c2cc(Cl)ccc2n1. The normalized spacial score (nSPS) is 12.1. The molecule has 3 aromatic rings. The Hall–Kier alpha value is -2.39. The molecule has 1 aromatic heterocycles. The molecule has 1 atom stereocenters. The van der Waals surface area contributed by atoms with E-state index in [1.165, 1.54) is 0 Å². The van der Waals surface area contributed by atoms with Gasteiger partial charge in [0.15, 0.2) is 0 Å². The molecule has 0 saturated carbocycles. The summed E-state index contributed by atoms with van der Waals surface area (Å²) < 4.78 is 0. The molecule has 23 heavy (non-hydrogen) atoms. The lowest BCUT2D eigenvalue weighted by molar-refractivity contribution is 0.0941. The molecule has 0 spiro atoms. The molecule has 0 saturated heterocycles. The van der Waals surface area contributed by atoms with E-state index in [4.69, 9.17) is 11.6 Å². The smallest absolute Gasteiger partial charge is 0.252 e. The average Bonchev–Trinajstić information content (AvgIpc) is 2.55. The first-order chi connectivity index (χ1) is 11.0. The Morgan fingerprint density at radius 2 is 1.87 bits per heavy atom. The zero-order valence-corrected chi connectivity index (χ0v) is 13.8. The van der Waals surface area contributed by atoms with Crippen molar-refractivity contribution in [1.29, 1.82) is 0 Å². The average molecular weight is 325 g/mol. The highest BCUT2D eigenvalue weighted by atomic mass is 35.5. The summed E-state index contributed by atoms with van der Waals surface area (Å²) in [6.07, 6.45) is 0. The second-order valence-electron chi connectivity index (χ2n) is 5.58. The zero-order chi connectivity index (χ0) is 16.4. The first-order valence-electron chi connectivity index (χ1n) is 7.47. The minimum absolute atomic E-state index is 0.0774. The molecule has 116 valence electrons. The van der Waals surface area contributed by atoms with Gasteiger partial charge in [-0.15, -0.1) is 0 Å². The third-order valence-corrected chi connectivity index (χ3v) is 4.03. The molecular formula is C19H17ClN2O.